The average Bonchev–Trinajstić information content (AvgIpc) is 2.04. The smallest absolute Gasteiger partial charge is 0.123 e. The van der Waals surface area contributed by atoms with E-state index in [0.717, 1.165) is 5.69 Å². The fourth-order valence-corrected chi connectivity index (χ4v) is 0.854. The molecule has 0 atom stereocenters. The van der Waals surface area contributed by atoms with E-state index in [4.69, 9.17) is 11.6 Å². The molecule has 0 saturated heterocycles. The van der Waals surface area contributed by atoms with Gasteiger partial charge in [0, 0.05) is 18.1 Å². The Morgan fingerprint density at radius 2 is 1.91 bits per heavy atom. The first-order valence-corrected chi connectivity index (χ1v) is 3.92. The van der Waals surface area contributed by atoms with Crippen LogP contribution in [0.5, 0.6) is 0 Å². The average molecular weight is 174 g/mol. The summed E-state index contributed by atoms with van der Waals surface area (Å²) in [7, 11) is 0. The molecule has 11 heavy (non-hydrogen) atoms. The van der Waals surface area contributed by atoms with E-state index in [0.29, 0.717) is 12.4 Å². The molecule has 1 N–H and O–H groups in total. The number of rotatable bonds is 3. The van der Waals surface area contributed by atoms with Gasteiger partial charge < -0.3 is 5.32 Å². The molecule has 1 aromatic carbocycles. The van der Waals surface area contributed by atoms with E-state index >= 15 is 0 Å². The molecule has 0 unspecified atom stereocenters. The first kappa shape index (κ1) is 8.34. The van der Waals surface area contributed by atoms with Crippen LogP contribution < -0.4 is 5.32 Å². The minimum atomic E-state index is -0.221. The van der Waals surface area contributed by atoms with E-state index in [1.54, 1.807) is 12.1 Å². The van der Waals surface area contributed by atoms with E-state index < -0.39 is 0 Å². The van der Waals surface area contributed by atoms with Gasteiger partial charge in [-0.05, 0) is 24.3 Å². The van der Waals surface area contributed by atoms with Gasteiger partial charge >= 0.3 is 0 Å². The number of nitrogens with one attached hydrogen (secondary N) is 1. The Morgan fingerprint density at radius 1 is 1.27 bits per heavy atom. The second kappa shape index (κ2) is 4.19. The molecule has 0 heterocycles. The van der Waals surface area contributed by atoms with E-state index in [1.807, 2.05) is 0 Å². The zero-order chi connectivity index (χ0) is 8.10. The second-order valence-corrected chi connectivity index (χ2v) is 2.50. The molecule has 0 aliphatic heterocycles. The van der Waals surface area contributed by atoms with Crippen LogP contribution in [0, 0.1) is 5.82 Å². The molecule has 0 fully saturated rings. The molecule has 60 valence electrons. The summed E-state index contributed by atoms with van der Waals surface area (Å²) < 4.78 is 12.4. The Bertz CT molecular complexity index is 210. The van der Waals surface area contributed by atoms with Crippen molar-refractivity contribution in [2.45, 2.75) is 0 Å². The largest absolute Gasteiger partial charge is 0.384 e. The molecule has 0 amide bonds. The predicted molar refractivity (Wildman–Crippen MR) is 45.6 cm³/mol. The van der Waals surface area contributed by atoms with Crippen LogP contribution >= 0.6 is 11.6 Å². The molecule has 0 aliphatic rings. The van der Waals surface area contributed by atoms with Crippen molar-refractivity contribution in [1.29, 1.82) is 0 Å². The van der Waals surface area contributed by atoms with E-state index in [1.165, 1.54) is 12.1 Å². The third kappa shape index (κ3) is 2.76. The number of halogens is 2. The number of hydrogen-bond donors (Lipinski definition) is 1. The van der Waals surface area contributed by atoms with Gasteiger partial charge in [0.1, 0.15) is 5.82 Å². The summed E-state index contributed by atoms with van der Waals surface area (Å²) in [6.07, 6.45) is 0. The maximum atomic E-state index is 12.4. The SMILES string of the molecule is Fc1ccc(NCCCl)cc1. The monoisotopic (exact) mass is 173 g/mol. The molecule has 3 heteroatoms. The summed E-state index contributed by atoms with van der Waals surface area (Å²) in [5.41, 5.74) is 0.895. The molecule has 0 bridgehead atoms. The summed E-state index contributed by atoms with van der Waals surface area (Å²) in [5.74, 6) is 0.332. The highest BCUT2D eigenvalue weighted by molar-refractivity contribution is 6.18. The van der Waals surface area contributed by atoms with Crippen molar-refractivity contribution in [1.82, 2.24) is 0 Å². The highest BCUT2D eigenvalue weighted by Crippen LogP contribution is 2.07. The van der Waals surface area contributed by atoms with Crippen LogP contribution in [0.2, 0.25) is 0 Å². The lowest BCUT2D eigenvalue weighted by atomic mass is 10.3. The predicted octanol–water partition coefficient (Wildman–Crippen LogP) is 2.48. The van der Waals surface area contributed by atoms with Gasteiger partial charge in [0.25, 0.3) is 0 Å². The van der Waals surface area contributed by atoms with Gasteiger partial charge in [-0.2, -0.15) is 0 Å². The Morgan fingerprint density at radius 3 is 2.45 bits per heavy atom. The molecular formula is C8H9ClFN. The Labute approximate surface area is 70.2 Å². The number of hydrogen-bond acceptors (Lipinski definition) is 1. The normalized spacial score (nSPS) is 9.64. The van der Waals surface area contributed by atoms with Gasteiger partial charge in [0.05, 0.1) is 0 Å². The van der Waals surface area contributed by atoms with Crippen molar-refractivity contribution < 1.29 is 4.39 Å². The van der Waals surface area contributed by atoms with E-state index in [2.05, 4.69) is 5.32 Å². The summed E-state index contributed by atoms with van der Waals surface area (Å²) in [4.78, 5) is 0. The first-order valence-electron chi connectivity index (χ1n) is 3.38. The number of benzene rings is 1. The summed E-state index contributed by atoms with van der Waals surface area (Å²) >= 11 is 5.45. The van der Waals surface area contributed by atoms with Crippen LogP contribution in [0.4, 0.5) is 10.1 Å². The maximum Gasteiger partial charge on any atom is 0.123 e. The molecule has 0 aliphatic carbocycles. The third-order valence-electron chi connectivity index (χ3n) is 1.27. The van der Waals surface area contributed by atoms with Gasteiger partial charge in [0.2, 0.25) is 0 Å². The van der Waals surface area contributed by atoms with Crippen LogP contribution in [0.1, 0.15) is 0 Å². The van der Waals surface area contributed by atoms with Crippen molar-refractivity contribution in [2.24, 2.45) is 0 Å². The van der Waals surface area contributed by atoms with Crippen LogP contribution in [0.15, 0.2) is 24.3 Å². The fourth-order valence-electron chi connectivity index (χ4n) is 0.759. The Hall–Kier alpha value is -0.760. The van der Waals surface area contributed by atoms with E-state index in [9.17, 15) is 4.39 Å². The maximum absolute atomic E-state index is 12.4. The minimum Gasteiger partial charge on any atom is -0.384 e. The van der Waals surface area contributed by atoms with Crippen molar-refractivity contribution in [3.05, 3.63) is 30.1 Å². The number of alkyl halides is 1. The summed E-state index contributed by atoms with van der Waals surface area (Å²) in [6.45, 7) is 0.702. The topological polar surface area (TPSA) is 12.0 Å². The first-order chi connectivity index (χ1) is 5.33. The van der Waals surface area contributed by atoms with Crippen molar-refractivity contribution in [3.63, 3.8) is 0 Å². The van der Waals surface area contributed by atoms with Crippen molar-refractivity contribution in [3.8, 4) is 0 Å². The van der Waals surface area contributed by atoms with Gasteiger partial charge in [-0.25, -0.2) is 4.39 Å². The standard InChI is InChI=1S/C8H9ClFN/c9-5-6-11-8-3-1-7(10)2-4-8/h1-4,11H,5-6H2. The molecule has 0 radical (unpaired) electrons. The van der Waals surface area contributed by atoms with Gasteiger partial charge in [0.15, 0.2) is 0 Å². The van der Waals surface area contributed by atoms with Crippen LogP contribution in [-0.2, 0) is 0 Å². The van der Waals surface area contributed by atoms with E-state index in [-0.39, 0.29) is 5.82 Å². The summed E-state index contributed by atoms with van der Waals surface area (Å²) in [6, 6.07) is 6.19. The molecule has 1 aromatic rings. The second-order valence-electron chi connectivity index (χ2n) is 2.12. The lowest BCUT2D eigenvalue weighted by Gasteiger charge is -2.01. The molecule has 0 spiro atoms. The van der Waals surface area contributed by atoms with Crippen LogP contribution in [0.25, 0.3) is 0 Å². The molecule has 0 aromatic heterocycles. The third-order valence-corrected chi connectivity index (χ3v) is 1.46. The highest BCUT2D eigenvalue weighted by Gasteiger charge is 1.90. The zero-order valence-electron chi connectivity index (χ0n) is 5.98. The van der Waals surface area contributed by atoms with Crippen LogP contribution in [0.3, 0.4) is 0 Å². The fraction of sp³-hybridized carbons (Fsp3) is 0.250. The Kier molecular flexibility index (Phi) is 3.17. The zero-order valence-corrected chi connectivity index (χ0v) is 6.74. The van der Waals surface area contributed by atoms with Crippen molar-refractivity contribution >= 4 is 17.3 Å². The number of anilines is 1. The minimum absolute atomic E-state index is 0.221. The van der Waals surface area contributed by atoms with Crippen LogP contribution in [-0.4, -0.2) is 12.4 Å². The Balaban J connectivity index is 2.52. The quantitative estimate of drug-likeness (QED) is 0.693. The van der Waals surface area contributed by atoms with Crippen molar-refractivity contribution in [2.75, 3.05) is 17.7 Å². The van der Waals surface area contributed by atoms with Gasteiger partial charge in [-0.1, -0.05) is 0 Å². The summed E-state index contributed by atoms with van der Waals surface area (Å²) in [5, 5.41) is 3.02. The van der Waals surface area contributed by atoms with Gasteiger partial charge in [-0.15, -0.1) is 11.6 Å². The van der Waals surface area contributed by atoms with Gasteiger partial charge in [-0.3, -0.25) is 0 Å². The highest BCUT2D eigenvalue weighted by atomic mass is 35.5. The lowest BCUT2D eigenvalue weighted by molar-refractivity contribution is 0.628. The molecule has 0 saturated carbocycles. The molecule has 1 rings (SSSR count). The molecule has 1 nitrogen and oxygen atoms in total. The lowest BCUT2D eigenvalue weighted by Crippen LogP contribution is -2.01. The molecular weight excluding hydrogens is 165 g/mol.